The third-order valence-corrected chi connectivity index (χ3v) is 3.41. The Bertz CT molecular complexity index is 477. The van der Waals surface area contributed by atoms with Gasteiger partial charge in [0.2, 0.25) is 0 Å². The summed E-state index contributed by atoms with van der Waals surface area (Å²) in [5.74, 6) is 1.64. The topological polar surface area (TPSA) is 47.6 Å². The Labute approximate surface area is 137 Å². The van der Waals surface area contributed by atoms with Crippen LogP contribution in [0.2, 0.25) is 0 Å². The lowest BCUT2D eigenvalue weighted by molar-refractivity contribution is 0.198. The van der Waals surface area contributed by atoms with Crippen LogP contribution in [0.15, 0.2) is 30.9 Å². The summed E-state index contributed by atoms with van der Waals surface area (Å²) >= 11 is 5.61. The van der Waals surface area contributed by atoms with E-state index >= 15 is 0 Å². The fraction of sp³-hybridized carbons (Fsp3) is 0.471. The second kappa shape index (κ2) is 11.0. The Hall–Kier alpha value is -1.68. The Balaban J connectivity index is 2.41. The van der Waals surface area contributed by atoms with Crippen LogP contribution in [0.4, 0.5) is 4.79 Å². The maximum atomic E-state index is 11.8. The van der Waals surface area contributed by atoms with E-state index in [9.17, 15) is 4.79 Å². The summed E-state index contributed by atoms with van der Waals surface area (Å²) in [6, 6.07) is 5.47. The van der Waals surface area contributed by atoms with Gasteiger partial charge in [-0.1, -0.05) is 25.0 Å². The largest absolute Gasteiger partial charge is 0.493 e. The number of ether oxygens (including phenoxy) is 2. The lowest BCUT2D eigenvalue weighted by atomic mass is 10.1. The van der Waals surface area contributed by atoms with Crippen molar-refractivity contribution in [1.82, 2.24) is 5.32 Å². The highest BCUT2D eigenvalue weighted by molar-refractivity contribution is 6.17. The minimum atomic E-state index is -0.466. The number of alkyl halides is 1. The Morgan fingerprint density at radius 3 is 2.73 bits per heavy atom. The molecule has 0 atom stereocenters. The molecule has 122 valence electrons. The molecule has 0 saturated carbocycles. The van der Waals surface area contributed by atoms with E-state index in [1.807, 2.05) is 18.2 Å². The maximum Gasteiger partial charge on any atom is 0.412 e. The first-order valence-corrected chi connectivity index (χ1v) is 8.04. The molecule has 4 nitrogen and oxygen atoms in total. The van der Waals surface area contributed by atoms with Gasteiger partial charge in [0.15, 0.2) is 11.5 Å². The van der Waals surface area contributed by atoms with Gasteiger partial charge in [-0.15, -0.1) is 18.2 Å². The molecular weight excluding hydrogens is 302 g/mol. The smallest absolute Gasteiger partial charge is 0.412 e. The number of methoxy groups -OCH3 is 1. The summed E-state index contributed by atoms with van der Waals surface area (Å²) in [4.78, 5) is 11.8. The zero-order valence-corrected chi connectivity index (χ0v) is 13.8. The van der Waals surface area contributed by atoms with Gasteiger partial charge in [-0.2, -0.15) is 0 Å². The molecule has 1 aromatic carbocycles. The van der Waals surface area contributed by atoms with E-state index in [1.165, 1.54) is 0 Å². The molecule has 0 fully saturated rings. The van der Waals surface area contributed by atoms with Crippen molar-refractivity contribution in [2.75, 3.05) is 19.5 Å². The van der Waals surface area contributed by atoms with Crippen molar-refractivity contribution in [2.24, 2.45) is 0 Å². The summed E-state index contributed by atoms with van der Waals surface area (Å²) in [5, 5.41) is 2.73. The van der Waals surface area contributed by atoms with E-state index in [0.29, 0.717) is 23.9 Å². The van der Waals surface area contributed by atoms with E-state index < -0.39 is 6.09 Å². The first-order chi connectivity index (χ1) is 10.7. The van der Waals surface area contributed by atoms with Crippen molar-refractivity contribution in [3.8, 4) is 11.5 Å². The fourth-order valence-corrected chi connectivity index (χ4v) is 2.18. The van der Waals surface area contributed by atoms with Gasteiger partial charge in [-0.25, -0.2) is 4.79 Å². The van der Waals surface area contributed by atoms with Crippen LogP contribution in [0, 0.1) is 0 Å². The number of allylic oxidation sites excluding steroid dienone is 1. The average molecular weight is 326 g/mol. The number of halogens is 1. The SMILES string of the molecule is C=CCc1ccc(OC(=O)NCCCCCCCl)c(OC)c1. The average Bonchev–Trinajstić information content (AvgIpc) is 2.52. The van der Waals surface area contributed by atoms with Gasteiger partial charge in [0, 0.05) is 12.4 Å². The minimum absolute atomic E-state index is 0.412. The van der Waals surface area contributed by atoms with Crippen molar-refractivity contribution in [2.45, 2.75) is 32.1 Å². The molecule has 0 aromatic heterocycles. The summed E-state index contributed by atoms with van der Waals surface area (Å²) in [6.07, 6.45) is 6.15. The highest BCUT2D eigenvalue weighted by atomic mass is 35.5. The first-order valence-electron chi connectivity index (χ1n) is 7.50. The van der Waals surface area contributed by atoms with Gasteiger partial charge in [0.25, 0.3) is 0 Å². The van der Waals surface area contributed by atoms with Gasteiger partial charge in [-0.3, -0.25) is 0 Å². The van der Waals surface area contributed by atoms with Crippen LogP contribution in [-0.2, 0) is 6.42 Å². The van der Waals surface area contributed by atoms with Crippen LogP contribution in [0.5, 0.6) is 11.5 Å². The van der Waals surface area contributed by atoms with E-state index in [4.69, 9.17) is 21.1 Å². The van der Waals surface area contributed by atoms with E-state index in [1.54, 1.807) is 13.2 Å². The molecule has 0 radical (unpaired) electrons. The molecule has 0 spiro atoms. The maximum absolute atomic E-state index is 11.8. The Morgan fingerprint density at radius 2 is 2.05 bits per heavy atom. The minimum Gasteiger partial charge on any atom is -0.493 e. The van der Waals surface area contributed by atoms with Crippen LogP contribution in [-0.4, -0.2) is 25.6 Å². The number of carbonyl (C=O) groups excluding carboxylic acids is 1. The predicted molar refractivity (Wildman–Crippen MR) is 90.1 cm³/mol. The lowest BCUT2D eigenvalue weighted by Gasteiger charge is -2.11. The van der Waals surface area contributed by atoms with Crippen LogP contribution in [0.3, 0.4) is 0 Å². The van der Waals surface area contributed by atoms with Crippen molar-refractivity contribution < 1.29 is 14.3 Å². The molecule has 0 saturated heterocycles. The van der Waals surface area contributed by atoms with Gasteiger partial charge < -0.3 is 14.8 Å². The normalized spacial score (nSPS) is 10.1. The fourth-order valence-electron chi connectivity index (χ4n) is 1.99. The number of amides is 1. The van der Waals surface area contributed by atoms with Crippen molar-refractivity contribution in [3.05, 3.63) is 36.4 Å². The van der Waals surface area contributed by atoms with Crippen LogP contribution in [0.1, 0.15) is 31.2 Å². The molecule has 0 aliphatic heterocycles. The number of hydrogen-bond donors (Lipinski definition) is 1. The number of unbranched alkanes of at least 4 members (excludes halogenated alkanes) is 3. The van der Waals surface area contributed by atoms with Crippen molar-refractivity contribution >= 4 is 17.7 Å². The molecule has 1 amide bonds. The van der Waals surface area contributed by atoms with Gasteiger partial charge in [-0.05, 0) is 37.0 Å². The van der Waals surface area contributed by atoms with Crippen LogP contribution >= 0.6 is 11.6 Å². The van der Waals surface area contributed by atoms with Crippen LogP contribution < -0.4 is 14.8 Å². The summed E-state index contributed by atoms with van der Waals surface area (Å²) in [6.45, 7) is 4.29. The second-order valence-corrected chi connectivity index (χ2v) is 5.28. The number of nitrogens with one attached hydrogen (secondary N) is 1. The lowest BCUT2D eigenvalue weighted by Crippen LogP contribution is -2.27. The van der Waals surface area contributed by atoms with Crippen molar-refractivity contribution in [1.29, 1.82) is 0 Å². The standard InChI is InChI=1S/C17H24ClNO3/c1-3-8-14-9-10-15(16(13-14)21-2)22-17(20)19-12-7-5-4-6-11-18/h3,9-10,13H,1,4-8,11-12H2,2H3,(H,19,20). The molecule has 22 heavy (non-hydrogen) atoms. The molecule has 1 rings (SSSR count). The quantitative estimate of drug-likeness (QED) is 0.396. The van der Waals surface area contributed by atoms with E-state index in [-0.39, 0.29) is 0 Å². The Kier molecular flexibility index (Phi) is 9.15. The van der Waals surface area contributed by atoms with Gasteiger partial charge in [0.05, 0.1) is 7.11 Å². The summed E-state index contributed by atoms with van der Waals surface area (Å²) in [5.41, 5.74) is 1.05. The molecule has 1 N–H and O–H groups in total. The zero-order valence-electron chi connectivity index (χ0n) is 13.1. The molecular formula is C17H24ClNO3. The van der Waals surface area contributed by atoms with E-state index in [0.717, 1.165) is 37.7 Å². The number of rotatable bonds is 10. The van der Waals surface area contributed by atoms with Gasteiger partial charge >= 0.3 is 6.09 Å². The highest BCUT2D eigenvalue weighted by Gasteiger charge is 2.10. The van der Waals surface area contributed by atoms with Gasteiger partial charge in [0.1, 0.15) is 0 Å². The van der Waals surface area contributed by atoms with E-state index in [2.05, 4.69) is 11.9 Å². The predicted octanol–water partition coefficient (Wildman–Crippen LogP) is 4.31. The summed E-state index contributed by atoms with van der Waals surface area (Å²) < 4.78 is 10.5. The zero-order chi connectivity index (χ0) is 16.2. The first kappa shape index (κ1) is 18.4. The summed E-state index contributed by atoms with van der Waals surface area (Å²) in [7, 11) is 1.55. The molecule has 0 aliphatic rings. The Morgan fingerprint density at radius 1 is 1.27 bits per heavy atom. The number of carbonyl (C=O) groups is 1. The van der Waals surface area contributed by atoms with Crippen LogP contribution in [0.25, 0.3) is 0 Å². The number of hydrogen-bond acceptors (Lipinski definition) is 3. The second-order valence-electron chi connectivity index (χ2n) is 4.90. The third-order valence-electron chi connectivity index (χ3n) is 3.14. The molecule has 1 aromatic rings. The molecule has 0 heterocycles. The molecule has 0 unspecified atom stereocenters. The van der Waals surface area contributed by atoms with Crippen molar-refractivity contribution in [3.63, 3.8) is 0 Å². The highest BCUT2D eigenvalue weighted by Crippen LogP contribution is 2.28. The number of benzene rings is 1. The third kappa shape index (κ3) is 6.85. The molecule has 0 bridgehead atoms. The molecule has 5 heteroatoms. The monoisotopic (exact) mass is 325 g/mol. The molecule has 0 aliphatic carbocycles.